The highest BCUT2D eigenvalue weighted by Gasteiger charge is 2.23. The van der Waals surface area contributed by atoms with Crippen molar-refractivity contribution >= 4 is 38.5 Å². The Balaban J connectivity index is 1.54. The van der Waals surface area contributed by atoms with E-state index < -0.39 is 28.5 Å². The summed E-state index contributed by atoms with van der Waals surface area (Å²) in [6.07, 6.45) is 4.60. The number of nitrogens with one attached hydrogen (secondary N) is 1. The second kappa shape index (κ2) is 9.29. The molecule has 0 atom stereocenters. The second-order valence-electron chi connectivity index (χ2n) is 8.14. The Morgan fingerprint density at radius 1 is 1.09 bits per heavy atom. The monoisotopic (exact) mass is 467 g/mol. The summed E-state index contributed by atoms with van der Waals surface area (Å²) in [5.41, 5.74) is 3.72. The number of anilines is 1. The van der Waals surface area contributed by atoms with E-state index in [2.05, 4.69) is 5.32 Å². The summed E-state index contributed by atoms with van der Waals surface area (Å²) in [7, 11) is -3.93. The number of carbonyl (C=O) groups excluding carboxylic acids is 2. The Labute approximate surface area is 192 Å². The predicted molar refractivity (Wildman–Crippen MR) is 124 cm³/mol. The van der Waals surface area contributed by atoms with E-state index in [0.717, 1.165) is 48.9 Å². The first-order chi connectivity index (χ1) is 15.7. The molecular weight excluding hydrogens is 442 g/mol. The number of para-hydroxylation sites is 1. The van der Waals surface area contributed by atoms with Gasteiger partial charge in [-0.25, -0.2) is 18.4 Å². The highest BCUT2D eigenvalue weighted by atomic mass is 32.2. The minimum absolute atomic E-state index is 0.0803. The van der Waals surface area contributed by atoms with Crippen LogP contribution < -0.4 is 10.5 Å². The van der Waals surface area contributed by atoms with E-state index in [1.165, 1.54) is 6.07 Å². The van der Waals surface area contributed by atoms with Crippen LogP contribution in [0.4, 0.5) is 5.69 Å². The van der Waals surface area contributed by atoms with Crippen LogP contribution in [0.5, 0.6) is 0 Å². The topological polar surface area (TPSA) is 128 Å². The Bertz CT molecular complexity index is 1350. The van der Waals surface area contributed by atoms with Crippen LogP contribution in [0.3, 0.4) is 0 Å². The zero-order chi connectivity index (χ0) is 23.6. The lowest BCUT2D eigenvalue weighted by molar-refractivity contribution is -0.119. The molecule has 1 aromatic heterocycles. The number of primary sulfonamides is 1. The molecule has 8 nitrogen and oxygen atoms in total. The number of aromatic nitrogens is 1. The van der Waals surface area contributed by atoms with Crippen LogP contribution >= 0.6 is 0 Å². The molecule has 0 saturated heterocycles. The minimum atomic E-state index is -3.93. The number of nitrogens with zero attached hydrogens (tertiary/aromatic N) is 1. The molecule has 0 bridgehead atoms. The number of hydrogen-bond donors (Lipinski definition) is 2. The van der Waals surface area contributed by atoms with Crippen LogP contribution in [0.1, 0.15) is 46.4 Å². The van der Waals surface area contributed by atoms with E-state index >= 15 is 0 Å². The molecule has 0 fully saturated rings. The third-order valence-electron chi connectivity index (χ3n) is 5.74. The second-order valence-corrected chi connectivity index (χ2v) is 9.67. The zero-order valence-electron chi connectivity index (χ0n) is 18.3. The van der Waals surface area contributed by atoms with Crippen LogP contribution in [0.25, 0.3) is 10.9 Å². The lowest BCUT2D eigenvalue weighted by atomic mass is 9.97. The Morgan fingerprint density at radius 2 is 1.85 bits per heavy atom. The van der Waals surface area contributed by atoms with Gasteiger partial charge in [-0.2, -0.15) is 0 Å². The maximum Gasteiger partial charge on any atom is 0.339 e. The van der Waals surface area contributed by atoms with Gasteiger partial charge in [-0.15, -0.1) is 0 Å². The maximum absolute atomic E-state index is 13.1. The summed E-state index contributed by atoms with van der Waals surface area (Å²) in [5.74, 6) is -1.16. The molecular formula is C24H25N3O5S. The number of nitrogens with two attached hydrogens (primary N) is 1. The summed E-state index contributed by atoms with van der Waals surface area (Å²) < 4.78 is 28.8. The third-order valence-corrected chi connectivity index (χ3v) is 6.79. The number of esters is 1. The number of benzene rings is 2. The largest absolute Gasteiger partial charge is 0.452 e. The summed E-state index contributed by atoms with van der Waals surface area (Å²) >= 11 is 0. The average molecular weight is 468 g/mol. The van der Waals surface area contributed by atoms with Crippen molar-refractivity contribution in [1.29, 1.82) is 0 Å². The normalized spacial score (nSPS) is 13.8. The maximum atomic E-state index is 13.1. The van der Waals surface area contributed by atoms with Crippen molar-refractivity contribution in [2.45, 2.75) is 43.9 Å². The number of ether oxygens (including phenoxy) is 1. The molecule has 172 valence electrons. The SMILES string of the molecule is Cc1ccc(NC(=O)COC(=O)c2c3c(nc4ccccc24)CCCCC3)cc1S(N)(=O)=O. The van der Waals surface area contributed by atoms with E-state index in [-0.39, 0.29) is 10.6 Å². The molecule has 1 heterocycles. The van der Waals surface area contributed by atoms with Gasteiger partial charge in [-0.3, -0.25) is 9.78 Å². The quantitative estimate of drug-likeness (QED) is 0.438. The van der Waals surface area contributed by atoms with Crippen molar-refractivity contribution in [3.8, 4) is 0 Å². The first-order valence-corrected chi connectivity index (χ1v) is 12.3. The molecule has 4 rings (SSSR count). The zero-order valence-corrected chi connectivity index (χ0v) is 19.1. The number of pyridine rings is 1. The van der Waals surface area contributed by atoms with Crippen molar-refractivity contribution in [3.05, 3.63) is 64.8 Å². The Hall–Kier alpha value is -3.30. The molecule has 0 radical (unpaired) electrons. The molecule has 1 aliphatic carbocycles. The molecule has 3 aromatic rings. The van der Waals surface area contributed by atoms with Gasteiger partial charge in [-0.1, -0.05) is 30.7 Å². The number of aryl methyl sites for hydroxylation is 2. The number of amides is 1. The molecule has 0 saturated carbocycles. The van der Waals surface area contributed by atoms with E-state index in [9.17, 15) is 18.0 Å². The molecule has 0 aliphatic heterocycles. The van der Waals surface area contributed by atoms with Gasteiger partial charge in [0.1, 0.15) is 0 Å². The third kappa shape index (κ3) is 5.04. The highest BCUT2D eigenvalue weighted by Crippen LogP contribution is 2.29. The molecule has 0 spiro atoms. The summed E-state index contributed by atoms with van der Waals surface area (Å²) in [5, 5.41) is 8.48. The van der Waals surface area contributed by atoms with E-state index in [4.69, 9.17) is 14.9 Å². The lowest BCUT2D eigenvalue weighted by Crippen LogP contribution is -2.22. The standard InChI is InChI=1S/C24H25N3O5S/c1-15-11-12-16(13-21(15)33(25,30)31)26-22(28)14-32-24(29)23-17-7-3-2-4-9-19(17)27-20-10-6-5-8-18(20)23/h5-6,8,10-13H,2-4,7,9,14H2,1H3,(H,26,28)(H2,25,30,31). The Morgan fingerprint density at radius 3 is 2.64 bits per heavy atom. The van der Waals surface area contributed by atoms with Crippen molar-refractivity contribution in [2.24, 2.45) is 5.14 Å². The van der Waals surface area contributed by atoms with Gasteiger partial charge in [0.2, 0.25) is 10.0 Å². The number of carbonyl (C=O) groups is 2. The minimum Gasteiger partial charge on any atom is -0.452 e. The average Bonchev–Trinajstić information content (AvgIpc) is 3.01. The fourth-order valence-electron chi connectivity index (χ4n) is 4.17. The van der Waals surface area contributed by atoms with Gasteiger partial charge in [0, 0.05) is 16.8 Å². The van der Waals surface area contributed by atoms with Crippen molar-refractivity contribution in [3.63, 3.8) is 0 Å². The van der Waals surface area contributed by atoms with Gasteiger partial charge in [0.15, 0.2) is 6.61 Å². The first-order valence-electron chi connectivity index (χ1n) is 10.7. The summed E-state index contributed by atoms with van der Waals surface area (Å²) in [6.45, 7) is 1.10. The predicted octanol–water partition coefficient (Wildman–Crippen LogP) is 3.26. The van der Waals surface area contributed by atoms with E-state index in [0.29, 0.717) is 16.5 Å². The fourth-order valence-corrected chi connectivity index (χ4v) is 4.98. The number of hydrogen-bond acceptors (Lipinski definition) is 6. The highest BCUT2D eigenvalue weighted by molar-refractivity contribution is 7.89. The van der Waals surface area contributed by atoms with Crippen LogP contribution in [-0.2, 0) is 32.4 Å². The summed E-state index contributed by atoms with van der Waals surface area (Å²) in [4.78, 5) is 30.2. The molecule has 0 unspecified atom stereocenters. The van der Waals surface area contributed by atoms with E-state index in [1.807, 2.05) is 24.3 Å². The molecule has 2 aromatic carbocycles. The molecule has 33 heavy (non-hydrogen) atoms. The fraction of sp³-hybridized carbons (Fsp3) is 0.292. The van der Waals surface area contributed by atoms with Crippen molar-refractivity contribution < 1.29 is 22.7 Å². The molecule has 1 amide bonds. The van der Waals surface area contributed by atoms with Crippen molar-refractivity contribution in [1.82, 2.24) is 4.98 Å². The van der Waals surface area contributed by atoms with Crippen LogP contribution in [-0.4, -0.2) is 31.9 Å². The number of fused-ring (bicyclic) bond motifs is 2. The first kappa shape index (κ1) is 22.9. The van der Waals surface area contributed by atoms with Crippen LogP contribution in [0.2, 0.25) is 0 Å². The van der Waals surface area contributed by atoms with Gasteiger partial charge < -0.3 is 10.1 Å². The Kier molecular flexibility index (Phi) is 6.44. The van der Waals surface area contributed by atoms with Crippen molar-refractivity contribution in [2.75, 3.05) is 11.9 Å². The molecule has 9 heteroatoms. The number of rotatable bonds is 5. The number of sulfonamides is 1. The van der Waals surface area contributed by atoms with Gasteiger partial charge in [-0.05, 0) is 61.9 Å². The van der Waals surface area contributed by atoms with Gasteiger partial charge in [0.05, 0.1) is 16.0 Å². The molecule has 3 N–H and O–H groups in total. The van der Waals surface area contributed by atoms with E-state index in [1.54, 1.807) is 19.1 Å². The van der Waals surface area contributed by atoms with Gasteiger partial charge >= 0.3 is 5.97 Å². The molecule has 1 aliphatic rings. The van der Waals surface area contributed by atoms with Crippen LogP contribution in [0.15, 0.2) is 47.4 Å². The van der Waals surface area contributed by atoms with Crippen LogP contribution in [0, 0.1) is 6.92 Å². The smallest absolute Gasteiger partial charge is 0.339 e. The van der Waals surface area contributed by atoms with Gasteiger partial charge in [0.25, 0.3) is 5.91 Å². The summed E-state index contributed by atoms with van der Waals surface area (Å²) in [6, 6.07) is 11.8. The lowest BCUT2D eigenvalue weighted by Gasteiger charge is -2.15.